The first-order chi connectivity index (χ1) is 12.5. The highest BCUT2D eigenvalue weighted by atomic mass is 16.5. The quantitative estimate of drug-likeness (QED) is 0.620. The van der Waals surface area contributed by atoms with Gasteiger partial charge < -0.3 is 9.15 Å². The molecule has 3 aromatic heterocycles. The van der Waals surface area contributed by atoms with Crippen LogP contribution in [0.4, 0.5) is 0 Å². The van der Waals surface area contributed by atoms with E-state index in [0.717, 1.165) is 23.2 Å². The molecule has 1 unspecified atom stereocenters. The van der Waals surface area contributed by atoms with Crippen LogP contribution in [0.5, 0.6) is 5.88 Å². The lowest BCUT2D eigenvalue weighted by Crippen LogP contribution is -2.12. The van der Waals surface area contributed by atoms with Gasteiger partial charge in [-0.3, -0.25) is 0 Å². The molecule has 0 saturated heterocycles. The summed E-state index contributed by atoms with van der Waals surface area (Å²) >= 11 is 0. The summed E-state index contributed by atoms with van der Waals surface area (Å²) in [6.07, 6.45) is 7.68. The Bertz CT molecular complexity index is 847. The zero-order valence-electron chi connectivity index (χ0n) is 15.6. The van der Waals surface area contributed by atoms with Crippen molar-refractivity contribution in [2.75, 3.05) is 6.61 Å². The van der Waals surface area contributed by atoms with Gasteiger partial charge in [0.1, 0.15) is 5.82 Å². The van der Waals surface area contributed by atoms with Gasteiger partial charge in [-0.25, -0.2) is 19.9 Å². The van der Waals surface area contributed by atoms with Crippen molar-refractivity contribution in [3.63, 3.8) is 0 Å². The van der Waals surface area contributed by atoms with Gasteiger partial charge in [-0.15, -0.1) is 0 Å². The van der Waals surface area contributed by atoms with Crippen LogP contribution in [0.1, 0.15) is 33.0 Å². The number of aromatic nitrogens is 4. The zero-order chi connectivity index (χ0) is 18.5. The highest BCUT2D eigenvalue weighted by Crippen LogP contribution is 2.32. The molecule has 1 atom stereocenters. The van der Waals surface area contributed by atoms with Crippen LogP contribution in [0.15, 0.2) is 41.5 Å². The Morgan fingerprint density at radius 2 is 2.00 bits per heavy atom. The van der Waals surface area contributed by atoms with Gasteiger partial charge in [-0.1, -0.05) is 20.8 Å². The van der Waals surface area contributed by atoms with Crippen molar-refractivity contribution >= 4 is 0 Å². The SMILES string of the molecule is Cc1nccc(-c2cnc(OCC(C)CC(C)C)c(-c3cnco3)c2)n1. The molecule has 0 saturated carbocycles. The van der Waals surface area contributed by atoms with E-state index in [0.29, 0.717) is 35.9 Å². The average molecular weight is 352 g/mol. The maximum Gasteiger partial charge on any atom is 0.224 e. The predicted molar refractivity (Wildman–Crippen MR) is 99.6 cm³/mol. The fourth-order valence-electron chi connectivity index (χ4n) is 2.94. The molecule has 0 spiro atoms. The monoisotopic (exact) mass is 352 g/mol. The Morgan fingerprint density at radius 3 is 2.69 bits per heavy atom. The summed E-state index contributed by atoms with van der Waals surface area (Å²) in [5, 5.41) is 0. The Hall–Kier alpha value is -2.76. The maximum absolute atomic E-state index is 6.01. The number of pyridine rings is 1. The van der Waals surface area contributed by atoms with Gasteiger partial charge in [0.25, 0.3) is 0 Å². The van der Waals surface area contributed by atoms with Gasteiger partial charge in [0.05, 0.1) is 24.1 Å². The summed E-state index contributed by atoms with van der Waals surface area (Å²) in [6.45, 7) is 9.09. The third-order valence-electron chi connectivity index (χ3n) is 4.00. The first-order valence-corrected chi connectivity index (χ1v) is 8.84. The van der Waals surface area contributed by atoms with Crippen LogP contribution in [0, 0.1) is 18.8 Å². The highest BCUT2D eigenvalue weighted by molar-refractivity contribution is 5.71. The van der Waals surface area contributed by atoms with E-state index in [9.17, 15) is 0 Å². The van der Waals surface area contributed by atoms with Gasteiger partial charge in [0.15, 0.2) is 12.2 Å². The molecule has 0 aliphatic heterocycles. The molecule has 0 bridgehead atoms. The van der Waals surface area contributed by atoms with E-state index in [1.807, 2.05) is 19.1 Å². The zero-order valence-corrected chi connectivity index (χ0v) is 15.6. The minimum Gasteiger partial charge on any atom is -0.477 e. The molecule has 0 radical (unpaired) electrons. The van der Waals surface area contributed by atoms with Crippen LogP contribution in [-0.2, 0) is 0 Å². The Balaban J connectivity index is 1.90. The molecule has 6 nitrogen and oxygen atoms in total. The molecule has 0 N–H and O–H groups in total. The van der Waals surface area contributed by atoms with Gasteiger partial charge in [0.2, 0.25) is 5.88 Å². The third-order valence-corrected chi connectivity index (χ3v) is 4.00. The van der Waals surface area contributed by atoms with E-state index in [1.54, 1.807) is 18.6 Å². The Labute approximate surface area is 153 Å². The van der Waals surface area contributed by atoms with Crippen molar-refractivity contribution in [2.45, 2.75) is 34.1 Å². The number of nitrogens with zero attached hydrogens (tertiary/aromatic N) is 4. The fraction of sp³-hybridized carbons (Fsp3) is 0.400. The Morgan fingerprint density at radius 1 is 1.15 bits per heavy atom. The van der Waals surface area contributed by atoms with E-state index in [2.05, 4.69) is 40.7 Å². The summed E-state index contributed by atoms with van der Waals surface area (Å²) in [4.78, 5) is 17.1. The summed E-state index contributed by atoms with van der Waals surface area (Å²) in [5.74, 6) is 2.97. The molecular formula is C20H24N4O2. The second-order valence-corrected chi connectivity index (χ2v) is 6.98. The molecule has 3 rings (SSSR count). The van der Waals surface area contributed by atoms with Crippen molar-refractivity contribution in [3.05, 3.63) is 42.9 Å². The summed E-state index contributed by atoms with van der Waals surface area (Å²) in [5.41, 5.74) is 2.46. The molecule has 3 aromatic rings. The van der Waals surface area contributed by atoms with Crippen molar-refractivity contribution in [3.8, 4) is 28.5 Å². The fourth-order valence-corrected chi connectivity index (χ4v) is 2.94. The molecule has 6 heteroatoms. The van der Waals surface area contributed by atoms with E-state index >= 15 is 0 Å². The summed E-state index contributed by atoms with van der Waals surface area (Å²) in [6, 6.07) is 3.83. The van der Waals surface area contributed by atoms with Gasteiger partial charge >= 0.3 is 0 Å². The standard InChI is InChI=1S/C20H24N4O2/c1-13(2)7-14(3)11-25-20-17(19-10-21-12-26-19)8-16(9-23-20)18-5-6-22-15(4)24-18/h5-6,8-10,12-14H,7,11H2,1-4H3. The van der Waals surface area contributed by atoms with Crippen LogP contribution in [0.25, 0.3) is 22.6 Å². The lowest BCUT2D eigenvalue weighted by Gasteiger charge is -2.16. The second kappa shape index (κ2) is 8.08. The number of hydrogen-bond acceptors (Lipinski definition) is 6. The van der Waals surface area contributed by atoms with Crippen LogP contribution in [0.2, 0.25) is 0 Å². The predicted octanol–water partition coefficient (Wildman–Crippen LogP) is 4.56. The minimum atomic E-state index is 0.448. The molecule has 0 aromatic carbocycles. The number of ether oxygens (including phenoxy) is 1. The lowest BCUT2D eigenvalue weighted by atomic mass is 10.00. The topological polar surface area (TPSA) is 73.9 Å². The van der Waals surface area contributed by atoms with Gasteiger partial charge in [0, 0.05) is 18.0 Å². The molecule has 26 heavy (non-hydrogen) atoms. The Kier molecular flexibility index (Phi) is 5.61. The summed E-state index contributed by atoms with van der Waals surface area (Å²) < 4.78 is 11.5. The third kappa shape index (κ3) is 4.45. The van der Waals surface area contributed by atoms with Crippen LogP contribution < -0.4 is 4.74 Å². The number of oxazole rings is 1. The van der Waals surface area contributed by atoms with E-state index in [4.69, 9.17) is 9.15 Å². The summed E-state index contributed by atoms with van der Waals surface area (Å²) in [7, 11) is 0. The maximum atomic E-state index is 6.01. The van der Waals surface area contributed by atoms with Crippen LogP contribution >= 0.6 is 0 Å². The first-order valence-electron chi connectivity index (χ1n) is 8.84. The normalized spacial score (nSPS) is 12.3. The number of aryl methyl sites for hydroxylation is 1. The minimum absolute atomic E-state index is 0.448. The first kappa shape index (κ1) is 18.0. The number of hydrogen-bond donors (Lipinski definition) is 0. The lowest BCUT2D eigenvalue weighted by molar-refractivity contribution is 0.232. The second-order valence-electron chi connectivity index (χ2n) is 6.98. The van der Waals surface area contributed by atoms with Crippen LogP contribution in [0.3, 0.4) is 0 Å². The van der Waals surface area contributed by atoms with E-state index in [-0.39, 0.29) is 0 Å². The van der Waals surface area contributed by atoms with Gasteiger partial charge in [-0.2, -0.15) is 0 Å². The molecule has 0 aliphatic rings. The van der Waals surface area contributed by atoms with Gasteiger partial charge in [-0.05, 0) is 37.3 Å². The van der Waals surface area contributed by atoms with Crippen molar-refractivity contribution in [1.29, 1.82) is 0 Å². The van der Waals surface area contributed by atoms with Crippen molar-refractivity contribution in [1.82, 2.24) is 19.9 Å². The van der Waals surface area contributed by atoms with E-state index in [1.165, 1.54) is 6.39 Å². The van der Waals surface area contributed by atoms with Crippen molar-refractivity contribution < 1.29 is 9.15 Å². The molecule has 0 fully saturated rings. The molecule has 0 aliphatic carbocycles. The molecule has 136 valence electrons. The van der Waals surface area contributed by atoms with Crippen LogP contribution in [-0.4, -0.2) is 26.5 Å². The molecule has 0 amide bonds. The average Bonchev–Trinajstić information content (AvgIpc) is 3.14. The molecule has 3 heterocycles. The highest BCUT2D eigenvalue weighted by Gasteiger charge is 2.15. The largest absolute Gasteiger partial charge is 0.477 e. The smallest absolute Gasteiger partial charge is 0.224 e. The van der Waals surface area contributed by atoms with E-state index < -0.39 is 0 Å². The molecular weight excluding hydrogens is 328 g/mol. The number of rotatable bonds is 7. The van der Waals surface area contributed by atoms with Crippen molar-refractivity contribution in [2.24, 2.45) is 11.8 Å².